The number of hydrogen-bond acceptors (Lipinski definition) is 4. The van der Waals surface area contributed by atoms with Crippen LogP contribution in [0.2, 0.25) is 0 Å². The van der Waals surface area contributed by atoms with Gasteiger partial charge in [-0.1, -0.05) is 19.3 Å². The highest BCUT2D eigenvalue weighted by molar-refractivity contribution is 9.10. The Morgan fingerprint density at radius 3 is 2.78 bits per heavy atom. The molecule has 18 heavy (non-hydrogen) atoms. The average molecular weight is 313 g/mol. The van der Waals surface area contributed by atoms with E-state index in [0.717, 1.165) is 22.8 Å². The van der Waals surface area contributed by atoms with Crippen LogP contribution >= 0.6 is 15.9 Å². The molecule has 2 rings (SSSR count). The fraction of sp³-hybridized carbons (Fsp3) is 0.692. The monoisotopic (exact) mass is 312 g/mol. The van der Waals surface area contributed by atoms with E-state index >= 15 is 0 Å². The molecule has 4 nitrogen and oxygen atoms in total. The predicted molar refractivity (Wildman–Crippen MR) is 79.1 cm³/mol. The van der Waals surface area contributed by atoms with Crippen LogP contribution in [0.1, 0.15) is 32.1 Å². The Bertz CT molecular complexity index is 391. The van der Waals surface area contributed by atoms with Crippen molar-refractivity contribution in [3.05, 3.63) is 10.7 Å². The van der Waals surface area contributed by atoms with Crippen LogP contribution in [0, 0.1) is 5.92 Å². The number of halogens is 1. The zero-order chi connectivity index (χ0) is 13.0. The van der Waals surface area contributed by atoms with E-state index in [2.05, 4.69) is 43.2 Å². The van der Waals surface area contributed by atoms with Gasteiger partial charge in [-0.3, -0.25) is 0 Å². The van der Waals surface area contributed by atoms with Crippen LogP contribution in [0.3, 0.4) is 0 Å². The second-order valence-corrected chi connectivity index (χ2v) is 5.85. The Labute approximate surface area is 117 Å². The summed E-state index contributed by atoms with van der Waals surface area (Å²) in [7, 11) is 3.95. The molecule has 1 saturated carbocycles. The number of nitrogens with one attached hydrogen (secondary N) is 1. The van der Waals surface area contributed by atoms with E-state index in [1.54, 1.807) is 0 Å². The second-order valence-electron chi connectivity index (χ2n) is 5.00. The molecule has 1 aliphatic rings. The van der Waals surface area contributed by atoms with Crippen molar-refractivity contribution in [2.45, 2.75) is 32.1 Å². The fourth-order valence-corrected chi connectivity index (χ4v) is 3.08. The first-order valence-corrected chi connectivity index (χ1v) is 7.41. The van der Waals surface area contributed by atoms with Gasteiger partial charge in [0.1, 0.15) is 5.82 Å². The van der Waals surface area contributed by atoms with Crippen molar-refractivity contribution in [1.82, 2.24) is 9.97 Å². The highest BCUT2D eigenvalue weighted by Crippen LogP contribution is 2.28. The Kier molecular flexibility index (Phi) is 4.80. The summed E-state index contributed by atoms with van der Waals surface area (Å²) >= 11 is 3.53. The third kappa shape index (κ3) is 3.34. The molecule has 1 fully saturated rings. The van der Waals surface area contributed by atoms with Crippen molar-refractivity contribution in [3.63, 3.8) is 0 Å². The standard InChI is InChI=1S/C13H21BrN4/c1-15-13-16-8-11(14)12(17-13)18(2)9-10-6-4-3-5-7-10/h8,10H,3-7,9H2,1-2H3,(H,15,16,17). The molecule has 0 amide bonds. The first kappa shape index (κ1) is 13.6. The van der Waals surface area contributed by atoms with Crippen molar-refractivity contribution in [2.24, 2.45) is 5.92 Å². The summed E-state index contributed by atoms with van der Waals surface area (Å²) in [5, 5.41) is 2.98. The Balaban J connectivity index is 2.04. The van der Waals surface area contributed by atoms with Gasteiger partial charge in [-0.15, -0.1) is 0 Å². The van der Waals surface area contributed by atoms with E-state index in [1.807, 2.05) is 13.2 Å². The zero-order valence-electron chi connectivity index (χ0n) is 11.1. The molecule has 0 atom stereocenters. The molecule has 1 N–H and O–H groups in total. The lowest BCUT2D eigenvalue weighted by atomic mass is 9.89. The van der Waals surface area contributed by atoms with Crippen molar-refractivity contribution in [2.75, 3.05) is 30.9 Å². The van der Waals surface area contributed by atoms with Crippen LogP contribution in [-0.4, -0.2) is 30.6 Å². The molecule has 0 bridgehead atoms. The molecule has 0 radical (unpaired) electrons. The van der Waals surface area contributed by atoms with Crippen molar-refractivity contribution in [1.29, 1.82) is 0 Å². The van der Waals surface area contributed by atoms with E-state index in [-0.39, 0.29) is 0 Å². The van der Waals surface area contributed by atoms with Crippen molar-refractivity contribution < 1.29 is 0 Å². The minimum absolute atomic E-state index is 0.670. The average Bonchev–Trinajstić information content (AvgIpc) is 2.40. The molecular weight excluding hydrogens is 292 g/mol. The lowest BCUT2D eigenvalue weighted by Gasteiger charge is -2.28. The van der Waals surface area contributed by atoms with Gasteiger partial charge in [-0.2, -0.15) is 4.98 Å². The molecule has 0 saturated heterocycles. The Morgan fingerprint density at radius 2 is 2.11 bits per heavy atom. The SMILES string of the molecule is CNc1ncc(Br)c(N(C)CC2CCCCC2)n1. The molecule has 0 aliphatic heterocycles. The molecular formula is C13H21BrN4. The van der Waals surface area contributed by atoms with Gasteiger partial charge in [0.15, 0.2) is 0 Å². The molecule has 1 aliphatic carbocycles. The van der Waals surface area contributed by atoms with E-state index in [1.165, 1.54) is 32.1 Å². The van der Waals surface area contributed by atoms with Gasteiger partial charge in [-0.05, 0) is 34.7 Å². The maximum atomic E-state index is 4.51. The summed E-state index contributed by atoms with van der Waals surface area (Å²) in [6.07, 6.45) is 8.68. The maximum absolute atomic E-state index is 4.51. The third-order valence-corrected chi connectivity index (χ3v) is 4.13. The van der Waals surface area contributed by atoms with Crippen LogP contribution in [0.5, 0.6) is 0 Å². The smallest absolute Gasteiger partial charge is 0.224 e. The van der Waals surface area contributed by atoms with E-state index in [4.69, 9.17) is 0 Å². The van der Waals surface area contributed by atoms with Crippen LogP contribution in [0.25, 0.3) is 0 Å². The molecule has 0 spiro atoms. The first-order valence-electron chi connectivity index (χ1n) is 6.62. The quantitative estimate of drug-likeness (QED) is 0.926. The van der Waals surface area contributed by atoms with Gasteiger partial charge >= 0.3 is 0 Å². The Morgan fingerprint density at radius 1 is 1.39 bits per heavy atom. The summed E-state index contributed by atoms with van der Waals surface area (Å²) < 4.78 is 0.958. The molecule has 1 aromatic heterocycles. The van der Waals surface area contributed by atoms with Crippen LogP contribution in [0.15, 0.2) is 10.7 Å². The molecule has 1 aromatic rings. The highest BCUT2D eigenvalue weighted by atomic mass is 79.9. The number of aromatic nitrogens is 2. The van der Waals surface area contributed by atoms with Crippen LogP contribution in [-0.2, 0) is 0 Å². The summed E-state index contributed by atoms with van der Waals surface area (Å²) in [4.78, 5) is 10.9. The van der Waals surface area contributed by atoms with Gasteiger partial charge in [0.25, 0.3) is 0 Å². The summed E-state index contributed by atoms with van der Waals surface area (Å²) in [6.45, 7) is 1.08. The third-order valence-electron chi connectivity index (χ3n) is 3.57. The maximum Gasteiger partial charge on any atom is 0.224 e. The number of anilines is 2. The second kappa shape index (κ2) is 6.36. The fourth-order valence-electron chi connectivity index (χ4n) is 2.59. The molecule has 100 valence electrons. The van der Waals surface area contributed by atoms with Crippen molar-refractivity contribution in [3.8, 4) is 0 Å². The molecule has 0 unspecified atom stereocenters. The van der Waals surface area contributed by atoms with Crippen molar-refractivity contribution >= 4 is 27.7 Å². The predicted octanol–water partition coefficient (Wildman–Crippen LogP) is 3.30. The van der Waals surface area contributed by atoms with Gasteiger partial charge in [0.2, 0.25) is 5.95 Å². The highest BCUT2D eigenvalue weighted by Gasteiger charge is 2.17. The van der Waals surface area contributed by atoms with E-state index in [0.29, 0.717) is 5.95 Å². The lowest BCUT2D eigenvalue weighted by Crippen LogP contribution is -2.28. The van der Waals surface area contributed by atoms with E-state index < -0.39 is 0 Å². The largest absolute Gasteiger partial charge is 0.358 e. The Hall–Kier alpha value is -0.840. The number of hydrogen-bond donors (Lipinski definition) is 1. The minimum atomic E-state index is 0.670. The van der Waals surface area contributed by atoms with Crippen LogP contribution < -0.4 is 10.2 Å². The lowest BCUT2D eigenvalue weighted by molar-refractivity contribution is 0.361. The summed E-state index contributed by atoms with van der Waals surface area (Å²) in [6, 6.07) is 0. The molecule has 0 aromatic carbocycles. The summed E-state index contributed by atoms with van der Waals surface area (Å²) in [5.74, 6) is 2.45. The normalized spacial score (nSPS) is 16.6. The number of nitrogens with zero attached hydrogens (tertiary/aromatic N) is 3. The minimum Gasteiger partial charge on any atom is -0.358 e. The van der Waals surface area contributed by atoms with Gasteiger partial charge in [0.05, 0.1) is 4.47 Å². The summed E-state index contributed by atoms with van der Waals surface area (Å²) in [5.41, 5.74) is 0. The zero-order valence-corrected chi connectivity index (χ0v) is 12.7. The van der Waals surface area contributed by atoms with Crippen LogP contribution in [0.4, 0.5) is 11.8 Å². The van der Waals surface area contributed by atoms with E-state index in [9.17, 15) is 0 Å². The topological polar surface area (TPSA) is 41.1 Å². The van der Waals surface area contributed by atoms with Gasteiger partial charge in [0, 0.05) is 26.8 Å². The molecule has 5 heteroatoms. The molecule has 1 heterocycles. The van der Waals surface area contributed by atoms with Gasteiger partial charge in [-0.25, -0.2) is 4.98 Å². The van der Waals surface area contributed by atoms with Gasteiger partial charge < -0.3 is 10.2 Å². The number of rotatable bonds is 4. The first-order chi connectivity index (χ1) is 8.70.